The molecule has 1 fully saturated rings. The van der Waals surface area contributed by atoms with Crippen molar-refractivity contribution in [2.75, 3.05) is 13.2 Å². The van der Waals surface area contributed by atoms with Gasteiger partial charge in [-0.2, -0.15) is 0 Å². The Morgan fingerprint density at radius 3 is 1.67 bits per heavy atom. The molecule has 3 aromatic carbocycles. The standard InChI is InChI=1S/C32H39NO6/c1-32(2,3)39-31(34)33-19-27-29(36-21-25-15-9-5-10-16-25)30(37-22-26-17-11-6-12-18-26)28(38-27)23-35-20-24-13-7-4-8-14-24/h4-18,27-30H,19-23H2,1-3H3,(H,33,34)/t27-,28+,29+,30+/m0/s1. The summed E-state index contributed by atoms with van der Waals surface area (Å²) in [5.41, 5.74) is 2.58. The zero-order valence-electron chi connectivity index (χ0n) is 23.0. The van der Waals surface area contributed by atoms with E-state index in [2.05, 4.69) is 5.32 Å². The molecule has 208 valence electrons. The Balaban J connectivity index is 1.48. The molecule has 1 aliphatic heterocycles. The molecule has 4 rings (SSSR count). The quantitative estimate of drug-likeness (QED) is 0.324. The van der Waals surface area contributed by atoms with Crippen LogP contribution < -0.4 is 5.32 Å². The second-order valence-electron chi connectivity index (χ2n) is 10.6. The molecule has 0 aliphatic carbocycles. The van der Waals surface area contributed by atoms with Gasteiger partial charge in [-0.25, -0.2) is 4.79 Å². The number of rotatable bonds is 12. The minimum atomic E-state index is -0.598. The number of amides is 1. The van der Waals surface area contributed by atoms with Gasteiger partial charge in [0.2, 0.25) is 0 Å². The second-order valence-corrected chi connectivity index (χ2v) is 10.6. The normalized spacial score (nSPS) is 21.0. The van der Waals surface area contributed by atoms with Crippen LogP contribution in [0.3, 0.4) is 0 Å². The van der Waals surface area contributed by atoms with E-state index < -0.39 is 30.0 Å². The van der Waals surface area contributed by atoms with Gasteiger partial charge in [-0.3, -0.25) is 0 Å². The predicted molar refractivity (Wildman–Crippen MR) is 149 cm³/mol. The molecule has 0 unspecified atom stereocenters. The summed E-state index contributed by atoms with van der Waals surface area (Å²) in [6.45, 7) is 7.29. The number of carbonyl (C=O) groups is 1. The minimum absolute atomic E-state index is 0.217. The first-order chi connectivity index (χ1) is 18.9. The fourth-order valence-electron chi connectivity index (χ4n) is 4.40. The van der Waals surface area contributed by atoms with Crippen molar-refractivity contribution in [1.82, 2.24) is 5.32 Å². The van der Waals surface area contributed by atoms with Gasteiger partial charge in [-0.05, 0) is 37.5 Å². The molecule has 1 aliphatic rings. The summed E-state index contributed by atoms with van der Waals surface area (Å²) in [4.78, 5) is 12.4. The van der Waals surface area contributed by atoms with E-state index in [0.717, 1.165) is 16.7 Å². The van der Waals surface area contributed by atoms with Crippen molar-refractivity contribution in [3.8, 4) is 0 Å². The Morgan fingerprint density at radius 1 is 0.718 bits per heavy atom. The summed E-state index contributed by atoms with van der Waals surface area (Å²) in [5.74, 6) is 0. The molecule has 0 radical (unpaired) electrons. The van der Waals surface area contributed by atoms with Gasteiger partial charge in [0.05, 0.1) is 26.4 Å². The molecule has 0 bridgehead atoms. The van der Waals surface area contributed by atoms with Crippen LogP contribution in [0.4, 0.5) is 4.79 Å². The molecule has 39 heavy (non-hydrogen) atoms. The summed E-state index contributed by atoms with van der Waals surface area (Å²) in [5, 5.41) is 2.84. The van der Waals surface area contributed by atoms with Gasteiger partial charge in [0.15, 0.2) is 0 Å². The average Bonchev–Trinajstić information content (AvgIpc) is 3.26. The molecular weight excluding hydrogens is 494 g/mol. The Kier molecular flexibility index (Phi) is 10.5. The molecule has 1 N–H and O–H groups in total. The van der Waals surface area contributed by atoms with E-state index in [1.54, 1.807) is 0 Å². The third kappa shape index (κ3) is 9.48. The number of ether oxygens (including phenoxy) is 5. The van der Waals surface area contributed by atoms with Crippen LogP contribution in [0, 0.1) is 0 Å². The molecule has 0 spiro atoms. The molecular formula is C32H39NO6. The number of hydrogen-bond donors (Lipinski definition) is 1. The van der Waals surface area contributed by atoms with Gasteiger partial charge < -0.3 is 29.0 Å². The smallest absolute Gasteiger partial charge is 0.407 e. The maximum absolute atomic E-state index is 12.4. The highest BCUT2D eigenvalue weighted by Crippen LogP contribution is 2.29. The van der Waals surface area contributed by atoms with Gasteiger partial charge in [0.25, 0.3) is 0 Å². The number of hydrogen-bond acceptors (Lipinski definition) is 6. The third-order valence-electron chi connectivity index (χ3n) is 6.22. The SMILES string of the molecule is CC(C)(C)OC(=O)NC[C@@H]1O[C@H](COCc2ccccc2)[C@@H](OCc2ccccc2)[C@@H]1OCc1ccccc1. The van der Waals surface area contributed by atoms with Crippen LogP contribution in [0.25, 0.3) is 0 Å². The summed E-state index contributed by atoms with van der Waals surface area (Å²) >= 11 is 0. The van der Waals surface area contributed by atoms with Crippen molar-refractivity contribution in [2.45, 2.75) is 70.6 Å². The highest BCUT2D eigenvalue weighted by molar-refractivity contribution is 5.67. The van der Waals surface area contributed by atoms with Crippen molar-refractivity contribution >= 4 is 6.09 Å². The van der Waals surface area contributed by atoms with Crippen LogP contribution >= 0.6 is 0 Å². The van der Waals surface area contributed by atoms with E-state index in [1.807, 2.05) is 112 Å². The van der Waals surface area contributed by atoms with Crippen molar-refractivity contribution in [1.29, 1.82) is 0 Å². The zero-order valence-corrected chi connectivity index (χ0v) is 23.0. The number of nitrogens with one attached hydrogen (secondary N) is 1. The van der Waals surface area contributed by atoms with E-state index >= 15 is 0 Å². The molecule has 1 amide bonds. The van der Waals surface area contributed by atoms with Crippen LogP contribution in [0.2, 0.25) is 0 Å². The van der Waals surface area contributed by atoms with E-state index in [-0.39, 0.29) is 12.6 Å². The Morgan fingerprint density at radius 2 is 1.18 bits per heavy atom. The van der Waals surface area contributed by atoms with Crippen molar-refractivity contribution in [3.63, 3.8) is 0 Å². The first kappa shape index (κ1) is 28.8. The van der Waals surface area contributed by atoms with Gasteiger partial charge in [0.1, 0.15) is 30.0 Å². The molecule has 0 aromatic heterocycles. The summed E-state index contributed by atoms with van der Waals surface area (Å²) in [6.07, 6.45) is -2.18. The van der Waals surface area contributed by atoms with Gasteiger partial charge in [-0.1, -0.05) is 91.0 Å². The molecule has 3 aromatic rings. The maximum Gasteiger partial charge on any atom is 0.407 e. The van der Waals surface area contributed by atoms with E-state index in [1.165, 1.54) is 0 Å². The highest BCUT2D eigenvalue weighted by atomic mass is 16.6. The number of carbonyl (C=O) groups excluding carboxylic acids is 1. The number of benzene rings is 3. The minimum Gasteiger partial charge on any atom is -0.444 e. The van der Waals surface area contributed by atoms with Gasteiger partial charge >= 0.3 is 6.09 Å². The summed E-state index contributed by atoms with van der Waals surface area (Å²) < 4.78 is 30.8. The van der Waals surface area contributed by atoms with Crippen LogP contribution in [0.5, 0.6) is 0 Å². The fourth-order valence-corrected chi connectivity index (χ4v) is 4.40. The molecule has 0 saturated carbocycles. The zero-order chi connectivity index (χ0) is 27.5. The third-order valence-corrected chi connectivity index (χ3v) is 6.22. The summed E-state index contributed by atoms with van der Waals surface area (Å²) in [7, 11) is 0. The topological polar surface area (TPSA) is 75.3 Å². The predicted octanol–water partition coefficient (Wildman–Crippen LogP) is 5.67. The highest BCUT2D eigenvalue weighted by Gasteiger charge is 2.46. The van der Waals surface area contributed by atoms with E-state index in [0.29, 0.717) is 26.4 Å². The van der Waals surface area contributed by atoms with Gasteiger partial charge in [0, 0.05) is 6.54 Å². The first-order valence-electron chi connectivity index (χ1n) is 13.4. The van der Waals surface area contributed by atoms with Crippen LogP contribution in [0.15, 0.2) is 91.0 Å². The lowest BCUT2D eigenvalue weighted by Crippen LogP contribution is -2.44. The van der Waals surface area contributed by atoms with Crippen molar-refractivity contribution in [2.24, 2.45) is 0 Å². The molecule has 4 atom stereocenters. The van der Waals surface area contributed by atoms with Crippen LogP contribution in [0.1, 0.15) is 37.5 Å². The van der Waals surface area contributed by atoms with Crippen LogP contribution in [-0.2, 0) is 43.5 Å². The van der Waals surface area contributed by atoms with Crippen LogP contribution in [-0.4, -0.2) is 49.3 Å². The van der Waals surface area contributed by atoms with Gasteiger partial charge in [-0.15, -0.1) is 0 Å². The largest absolute Gasteiger partial charge is 0.444 e. The number of alkyl carbamates (subject to hydrolysis) is 1. The Labute approximate surface area is 231 Å². The van der Waals surface area contributed by atoms with Crippen molar-refractivity contribution < 1.29 is 28.5 Å². The van der Waals surface area contributed by atoms with E-state index in [4.69, 9.17) is 23.7 Å². The lowest BCUT2D eigenvalue weighted by molar-refractivity contribution is -0.0898. The monoisotopic (exact) mass is 533 g/mol. The molecule has 7 heteroatoms. The summed E-state index contributed by atoms with van der Waals surface area (Å²) in [6, 6.07) is 30.0. The Bertz CT molecular complexity index is 1120. The lowest BCUT2D eigenvalue weighted by Gasteiger charge is -2.26. The van der Waals surface area contributed by atoms with E-state index in [9.17, 15) is 4.79 Å². The first-order valence-corrected chi connectivity index (χ1v) is 13.4. The van der Waals surface area contributed by atoms with Crippen molar-refractivity contribution in [3.05, 3.63) is 108 Å². The molecule has 1 heterocycles. The maximum atomic E-state index is 12.4. The average molecular weight is 534 g/mol. The second kappa shape index (κ2) is 14.2. The molecule has 7 nitrogen and oxygen atoms in total. The lowest BCUT2D eigenvalue weighted by atomic mass is 10.1. The Hall–Kier alpha value is -3.23. The molecule has 1 saturated heterocycles. The fraction of sp³-hybridized carbons (Fsp3) is 0.406.